The number of sulfone groups is 1. The molecule has 1 aromatic heterocycles. The van der Waals surface area contributed by atoms with Crippen molar-refractivity contribution in [3.8, 4) is 16.9 Å². The standard InChI is InChI=1S/C33H40N2O7S/c1-20-15-24(41-13-8-14-43(6,39)40)16-21(2)29(20)25-10-7-9-23(30(25)32(38)42-33(3,4)5)19-35-28-12-11-22(18-34-28)26-17-27(26)31(36)37/h7,9-12,15-16,18,26-27H,8,13-14,17,19H2,1-6H3,(H,34,35)(H,36,37)/t26-,27+/m1/s1. The summed E-state index contributed by atoms with van der Waals surface area (Å²) in [6.07, 6.45) is 3.95. The number of rotatable bonds is 12. The molecule has 230 valence electrons. The van der Waals surface area contributed by atoms with Crippen molar-refractivity contribution in [1.82, 2.24) is 4.98 Å². The molecule has 3 aromatic rings. The summed E-state index contributed by atoms with van der Waals surface area (Å²) in [5, 5.41) is 12.5. The van der Waals surface area contributed by atoms with Crippen LogP contribution in [0.15, 0.2) is 48.7 Å². The van der Waals surface area contributed by atoms with Crippen molar-refractivity contribution in [3.63, 3.8) is 0 Å². The molecule has 4 rings (SSSR count). The quantitative estimate of drug-likeness (QED) is 0.190. The van der Waals surface area contributed by atoms with Crippen LogP contribution in [0.4, 0.5) is 5.82 Å². The van der Waals surface area contributed by atoms with E-state index in [0.717, 1.165) is 33.4 Å². The Morgan fingerprint density at radius 3 is 2.35 bits per heavy atom. The SMILES string of the molecule is Cc1cc(OCCCS(C)(=O)=O)cc(C)c1-c1cccc(CNc2ccc([C@H]3C[C@@H]3C(=O)O)cn2)c1C(=O)OC(C)(C)C. The second-order valence-corrected chi connectivity index (χ2v) is 14.5. The number of ether oxygens (including phenoxy) is 2. The Bertz CT molecular complexity index is 1590. The lowest BCUT2D eigenvalue weighted by Crippen LogP contribution is -2.25. The van der Waals surface area contributed by atoms with Crippen LogP contribution in [0.3, 0.4) is 0 Å². The van der Waals surface area contributed by atoms with E-state index < -0.39 is 27.4 Å². The number of hydrogen-bond acceptors (Lipinski definition) is 8. The lowest BCUT2D eigenvalue weighted by atomic mass is 9.89. The Kier molecular flexibility index (Phi) is 9.49. The van der Waals surface area contributed by atoms with Crippen LogP contribution < -0.4 is 10.1 Å². The van der Waals surface area contributed by atoms with E-state index in [9.17, 15) is 23.1 Å². The molecule has 10 heteroatoms. The number of esters is 1. The molecule has 2 atom stereocenters. The topological polar surface area (TPSA) is 132 Å². The predicted octanol–water partition coefficient (Wildman–Crippen LogP) is 5.93. The second-order valence-electron chi connectivity index (χ2n) is 12.2. The van der Waals surface area contributed by atoms with Crippen LogP contribution in [-0.2, 0) is 25.9 Å². The molecule has 1 saturated carbocycles. The van der Waals surface area contributed by atoms with Crippen LogP contribution in [0.5, 0.6) is 5.75 Å². The fourth-order valence-electron chi connectivity index (χ4n) is 5.22. The minimum absolute atomic E-state index is 0.00487. The predicted molar refractivity (Wildman–Crippen MR) is 166 cm³/mol. The van der Waals surface area contributed by atoms with Crippen molar-refractivity contribution in [2.45, 2.75) is 65.5 Å². The van der Waals surface area contributed by atoms with Gasteiger partial charge in [0.1, 0.15) is 27.0 Å². The third kappa shape index (κ3) is 8.56. The Labute approximate surface area is 253 Å². The van der Waals surface area contributed by atoms with Gasteiger partial charge in [0, 0.05) is 19.0 Å². The third-order valence-corrected chi connectivity index (χ3v) is 8.27. The van der Waals surface area contributed by atoms with E-state index in [1.165, 1.54) is 6.26 Å². The maximum Gasteiger partial charge on any atom is 0.339 e. The van der Waals surface area contributed by atoms with E-state index in [2.05, 4.69) is 10.3 Å². The Balaban J connectivity index is 1.60. The number of benzene rings is 2. The number of aliphatic carboxylic acids is 1. The van der Waals surface area contributed by atoms with E-state index in [4.69, 9.17) is 9.47 Å². The van der Waals surface area contributed by atoms with Crippen LogP contribution >= 0.6 is 0 Å². The zero-order valence-corrected chi connectivity index (χ0v) is 26.4. The minimum atomic E-state index is -3.05. The second kappa shape index (κ2) is 12.8. The van der Waals surface area contributed by atoms with Gasteiger partial charge in [-0.15, -0.1) is 0 Å². The van der Waals surface area contributed by atoms with E-state index in [1.54, 1.807) is 6.20 Å². The first-order chi connectivity index (χ1) is 20.1. The average Bonchev–Trinajstić information content (AvgIpc) is 3.70. The highest BCUT2D eigenvalue weighted by Crippen LogP contribution is 2.47. The smallest absolute Gasteiger partial charge is 0.339 e. The highest BCUT2D eigenvalue weighted by atomic mass is 32.2. The van der Waals surface area contributed by atoms with Gasteiger partial charge in [0.25, 0.3) is 0 Å². The largest absolute Gasteiger partial charge is 0.494 e. The molecule has 1 fully saturated rings. The molecule has 1 aliphatic carbocycles. The van der Waals surface area contributed by atoms with Crippen LogP contribution in [0.2, 0.25) is 0 Å². The molecule has 0 aliphatic heterocycles. The number of aromatic nitrogens is 1. The maximum atomic E-state index is 13.7. The van der Waals surface area contributed by atoms with Gasteiger partial charge in [0.15, 0.2) is 0 Å². The first kappa shape index (κ1) is 32.0. The van der Waals surface area contributed by atoms with E-state index in [0.29, 0.717) is 36.5 Å². The minimum Gasteiger partial charge on any atom is -0.494 e. The van der Waals surface area contributed by atoms with Gasteiger partial charge >= 0.3 is 11.9 Å². The van der Waals surface area contributed by atoms with Crippen LogP contribution in [0, 0.1) is 19.8 Å². The molecule has 0 amide bonds. The van der Waals surface area contributed by atoms with Crippen molar-refractivity contribution < 1.29 is 32.6 Å². The van der Waals surface area contributed by atoms with Gasteiger partial charge in [-0.25, -0.2) is 18.2 Å². The zero-order chi connectivity index (χ0) is 31.5. The van der Waals surface area contributed by atoms with E-state index >= 15 is 0 Å². The lowest BCUT2D eigenvalue weighted by molar-refractivity contribution is -0.138. The lowest BCUT2D eigenvalue weighted by Gasteiger charge is -2.23. The Morgan fingerprint density at radius 1 is 1.09 bits per heavy atom. The summed E-state index contributed by atoms with van der Waals surface area (Å²) in [5.74, 6) is -0.233. The van der Waals surface area contributed by atoms with Gasteiger partial charge in [0.2, 0.25) is 0 Å². The highest BCUT2D eigenvalue weighted by molar-refractivity contribution is 7.90. The average molecular weight is 609 g/mol. The van der Waals surface area contributed by atoms with Gasteiger partial charge in [-0.2, -0.15) is 0 Å². The molecule has 0 saturated heterocycles. The van der Waals surface area contributed by atoms with E-state index in [1.807, 2.05) is 77.1 Å². The van der Waals surface area contributed by atoms with Crippen LogP contribution in [0.25, 0.3) is 11.1 Å². The molecule has 2 N–H and O–H groups in total. The Morgan fingerprint density at radius 2 is 1.79 bits per heavy atom. The number of aryl methyl sites for hydroxylation is 2. The fourth-order valence-corrected chi connectivity index (χ4v) is 5.86. The maximum absolute atomic E-state index is 13.7. The van der Waals surface area contributed by atoms with Gasteiger partial charge in [-0.05, 0) is 105 Å². The first-order valence-corrected chi connectivity index (χ1v) is 16.4. The molecular formula is C33H40N2O7S. The van der Waals surface area contributed by atoms with Crippen LogP contribution in [-0.4, -0.2) is 54.7 Å². The molecule has 0 radical (unpaired) electrons. The third-order valence-electron chi connectivity index (χ3n) is 7.24. The van der Waals surface area contributed by atoms with Crippen molar-refractivity contribution in [3.05, 3.63) is 76.5 Å². The van der Waals surface area contributed by atoms with Crippen LogP contribution in [0.1, 0.15) is 72.1 Å². The van der Waals surface area contributed by atoms with Crippen molar-refractivity contribution in [1.29, 1.82) is 0 Å². The number of anilines is 1. The van der Waals surface area contributed by atoms with Gasteiger partial charge in [-0.1, -0.05) is 24.3 Å². The van der Waals surface area contributed by atoms with Crippen molar-refractivity contribution >= 4 is 27.6 Å². The Hall–Kier alpha value is -3.92. The number of carbonyl (C=O) groups excluding carboxylic acids is 1. The molecule has 0 unspecified atom stereocenters. The zero-order valence-electron chi connectivity index (χ0n) is 25.6. The van der Waals surface area contributed by atoms with Crippen molar-refractivity contribution in [2.24, 2.45) is 5.92 Å². The molecule has 1 aliphatic rings. The number of nitrogens with zero attached hydrogens (tertiary/aromatic N) is 1. The number of pyridine rings is 1. The summed E-state index contributed by atoms with van der Waals surface area (Å²) in [6.45, 7) is 10.0. The molecule has 2 aromatic carbocycles. The van der Waals surface area contributed by atoms with E-state index in [-0.39, 0.29) is 24.2 Å². The monoisotopic (exact) mass is 608 g/mol. The summed E-state index contributed by atoms with van der Waals surface area (Å²) < 4.78 is 34.6. The van der Waals surface area contributed by atoms with Crippen molar-refractivity contribution in [2.75, 3.05) is 23.9 Å². The highest BCUT2D eigenvalue weighted by Gasteiger charge is 2.44. The number of nitrogens with one attached hydrogen (secondary N) is 1. The van der Waals surface area contributed by atoms with Gasteiger partial charge in [0.05, 0.1) is 23.8 Å². The molecular weight excluding hydrogens is 568 g/mol. The number of carboxylic acids is 1. The fraction of sp³-hybridized carbons (Fsp3) is 0.424. The van der Waals surface area contributed by atoms with Gasteiger partial charge < -0.3 is 19.9 Å². The number of carboxylic acid groups (broad SMARTS) is 1. The summed E-state index contributed by atoms with van der Waals surface area (Å²) in [5.41, 5.74) is 4.85. The number of hydrogen-bond donors (Lipinski definition) is 2. The summed E-state index contributed by atoms with van der Waals surface area (Å²) in [4.78, 5) is 29.4. The summed E-state index contributed by atoms with van der Waals surface area (Å²) >= 11 is 0. The molecule has 0 spiro atoms. The molecule has 1 heterocycles. The molecule has 9 nitrogen and oxygen atoms in total. The normalized spacial score (nSPS) is 16.4. The molecule has 0 bridgehead atoms. The summed E-state index contributed by atoms with van der Waals surface area (Å²) in [7, 11) is -3.05. The number of carbonyl (C=O) groups is 2. The summed E-state index contributed by atoms with van der Waals surface area (Å²) in [6, 6.07) is 13.2. The molecule has 43 heavy (non-hydrogen) atoms. The van der Waals surface area contributed by atoms with Gasteiger partial charge in [-0.3, -0.25) is 4.79 Å². The first-order valence-electron chi connectivity index (χ1n) is 14.3.